The minimum atomic E-state index is 0.880. The molecule has 0 aromatic carbocycles. The van der Waals surface area contributed by atoms with Crippen LogP contribution < -0.4 is 10.2 Å². The van der Waals surface area contributed by atoms with Gasteiger partial charge in [-0.15, -0.1) is 0 Å². The van der Waals surface area contributed by atoms with E-state index in [4.69, 9.17) is 0 Å². The summed E-state index contributed by atoms with van der Waals surface area (Å²) in [6.07, 6.45) is 7.66. The van der Waals surface area contributed by atoms with Crippen LogP contribution in [0.3, 0.4) is 0 Å². The third-order valence-electron chi connectivity index (χ3n) is 4.08. The zero-order valence-corrected chi connectivity index (χ0v) is 12.6. The molecule has 0 aliphatic heterocycles. The Morgan fingerprint density at radius 2 is 2.11 bits per heavy atom. The number of hydrogen-bond donors (Lipinski definition) is 1. The van der Waals surface area contributed by atoms with Gasteiger partial charge in [0.2, 0.25) is 0 Å². The van der Waals surface area contributed by atoms with Crippen LogP contribution in [0.1, 0.15) is 43.9 Å². The number of hydrogen-bond acceptors (Lipinski definition) is 3. The van der Waals surface area contributed by atoms with Crippen molar-refractivity contribution in [1.82, 2.24) is 10.3 Å². The van der Waals surface area contributed by atoms with Crippen LogP contribution in [-0.2, 0) is 6.54 Å². The second kappa shape index (κ2) is 6.90. The van der Waals surface area contributed by atoms with Crippen molar-refractivity contribution in [1.29, 1.82) is 0 Å². The van der Waals surface area contributed by atoms with Gasteiger partial charge in [0.05, 0.1) is 0 Å². The van der Waals surface area contributed by atoms with E-state index < -0.39 is 0 Å². The molecule has 0 saturated heterocycles. The number of aromatic nitrogens is 1. The first kappa shape index (κ1) is 14.3. The standard InChI is InChI=1S/C16H27N3/c1-4-17-10-15-11-18-13(2)9-16(15)19(3)12-14-7-5-6-8-14/h9,11,14,17H,4-8,10,12H2,1-3H3. The Kier molecular flexibility index (Phi) is 5.20. The normalized spacial score (nSPS) is 15.9. The van der Waals surface area contributed by atoms with Gasteiger partial charge in [0.25, 0.3) is 0 Å². The van der Waals surface area contributed by atoms with Gasteiger partial charge in [-0.05, 0) is 38.3 Å². The Bertz CT molecular complexity index is 397. The number of pyridine rings is 1. The number of nitrogens with zero attached hydrogens (tertiary/aromatic N) is 2. The molecule has 3 nitrogen and oxygen atoms in total. The van der Waals surface area contributed by atoms with Crippen molar-refractivity contribution in [2.75, 3.05) is 25.0 Å². The van der Waals surface area contributed by atoms with E-state index >= 15 is 0 Å². The highest BCUT2D eigenvalue weighted by molar-refractivity contribution is 5.53. The van der Waals surface area contributed by atoms with Crippen molar-refractivity contribution < 1.29 is 0 Å². The summed E-state index contributed by atoms with van der Waals surface area (Å²) in [5.41, 5.74) is 3.77. The molecule has 1 saturated carbocycles. The van der Waals surface area contributed by atoms with Gasteiger partial charge < -0.3 is 10.2 Å². The van der Waals surface area contributed by atoms with Crippen LogP contribution in [0.5, 0.6) is 0 Å². The van der Waals surface area contributed by atoms with Gasteiger partial charge >= 0.3 is 0 Å². The topological polar surface area (TPSA) is 28.2 Å². The van der Waals surface area contributed by atoms with Crippen molar-refractivity contribution in [3.63, 3.8) is 0 Å². The number of rotatable bonds is 6. The molecule has 1 aliphatic rings. The van der Waals surface area contributed by atoms with E-state index in [0.29, 0.717) is 0 Å². The Labute approximate surface area is 117 Å². The van der Waals surface area contributed by atoms with Crippen LogP contribution in [0.25, 0.3) is 0 Å². The largest absolute Gasteiger partial charge is 0.374 e. The van der Waals surface area contributed by atoms with Gasteiger partial charge in [-0.25, -0.2) is 0 Å². The third kappa shape index (κ3) is 3.93. The molecule has 1 N–H and O–H groups in total. The number of anilines is 1. The number of nitrogens with one attached hydrogen (secondary N) is 1. The highest BCUT2D eigenvalue weighted by atomic mass is 15.1. The molecule has 106 valence electrons. The average molecular weight is 261 g/mol. The Morgan fingerprint density at radius 1 is 1.37 bits per heavy atom. The molecule has 3 heteroatoms. The van der Waals surface area contributed by atoms with Crippen molar-refractivity contribution in [2.24, 2.45) is 5.92 Å². The highest BCUT2D eigenvalue weighted by Gasteiger charge is 2.18. The lowest BCUT2D eigenvalue weighted by atomic mass is 10.1. The van der Waals surface area contributed by atoms with E-state index in [1.165, 1.54) is 43.5 Å². The van der Waals surface area contributed by atoms with E-state index in [9.17, 15) is 0 Å². The molecular formula is C16H27N3. The van der Waals surface area contributed by atoms with Gasteiger partial charge in [0.1, 0.15) is 0 Å². The van der Waals surface area contributed by atoms with E-state index in [-0.39, 0.29) is 0 Å². The molecule has 0 bridgehead atoms. The first-order valence-electron chi connectivity index (χ1n) is 7.58. The maximum atomic E-state index is 4.44. The highest BCUT2D eigenvalue weighted by Crippen LogP contribution is 2.28. The summed E-state index contributed by atoms with van der Waals surface area (Å²) in [5, 5.41) is 3.41. The zero-order valence-electron chi connectivity index (χ0n) is 12.6. The predicted molar refractivity (Wildman–Crippen MR) is 81.6 cm³/mol. The third-order valence-corrected chi connectivity index (χ3v) is 4.08. The van der Waals surface area contributed by atoms with Gasteiger partial charge in [-0.2, -0.15) is 0 Å². The monoisotopic (exact) mass is 261 g/mol. The summed E-state index contributed by atoms with van der Waals surface area (Å²) in [5.74, 6) is 0.880. The first-order valence-corrected chi connectivity index (χ1v) is 7.58. The minimum Gasteiger partial charge on any atom is -0.374 e. The fraction of sp³-hybridized carbons (Fsp3) is 0.688. The maximum Gasteiger partial charge on any atom is 0.0443 e. The van der Waals surface area contributed by atoms with Crippen LogP contribution in [-0.4, -0.2) is 25.1 Å². The quantitative estimate of drug-likeness (QED) is 0.853. The fourth-order valence-electron chi connectivity index (χ4n) is 3.00. The van der Waals surface area contributed by atoms with Gasteiger partial charge in [-0.1, -0.05) is 19.8 Å². The van der Waals surface area contributed by atoms with E-state index in [2.05, 4.69) is 42.2 Å². The van der Waals surface area contributed by atoms with Crippen LogP contribution in [0.4, 0.5) is 5.69 Å². The van der Waals surface area contributed by atoms with Crippen molar-refractivity contribution in [2.45, 2.75) is 46.1 Å². The summed E-state index contributed by atoms with van der Waals surface area (Å²) in [6.45, 7) is 7.31. The molecule has 0 atom stereocenters. The van der Waals surface area contributed by atoms with Crippen molar-refractivity contribution in [3.05, 3.63) is 23.5 Å². The molecule has 0 radical (unpaired) electrons. The predicted octanol–water partition coefficient (Wildman–Crippen LogP) is 3.13. The number of aryl methyl sites for hydroxylation is 1. The summed E-state index contributed by atoms with van der Waals surface area (Å²) in [6, 6.07) is 2.22. The SMILES string of the molecule is CCNCc1cnc(C)cc1N(C)CC1CCCC1. The summed E-state index contributed by atoms with van der Waals surface area (Å²) < 4.78 is 0. The van der Waals surface area contributed by atoms with Gasteiger partial charge in [0.15, 0.2) is 0 Å². The zero-order chi connectivity index (χ0) is 13.7. The Balaban J connectivity index is 2.08. The molecule has 2 rings (SSSR count). The van der Waals surface area contributed by atoms with Crippen LogP contribution in [0.2, 0.25) is 0 Å². The lowest BCUT2D eigenvalue weighted by Gasteiger charge is -2.26. The van der Waals surface area contributed by atoms with Gasteiger partial charge in [0, 0.05) is 43.3 Å². The molecule has 0 spiro atoms. The van der Waals surface area contributed by atoms with E-state index in [0.717, 1.165) is 24.7 Å². The van der Waals surface area contributed by atoms with Gasteiger partial charge in [-0.3, -0.25) is 4.98 Å². The average Bonchev–Trinajstić information content (AvgIpc) is 2.90. The van der Waals surface area contributed by atoms with Crippen molar-refractivity contribution in [3.8, 4) is 0 Å². The second-order valence-corrected chi connectivity index (χ2v) is 5.77. The Hall–Kier alpha value is -1.09. The molecule has 0 unspecified atom stereocenters. The summed E-state index contributed by atoms with van der Waals surface area (Å²) in [7, 11) is 2.22. The maximum absolute atomic E-state index is 4.44. The smallest absolute Gasteiger partial charge is 0.0443 e. The van der Waals surface area contributed by atoms with Crippen LogP contribution in [0, 0.1) is 12.8 Å². The molecule has 1 aromatic rings. The summed E-state index contributed by atoms with van der Waals surface area (Å²) in [4.78, 5) is 6.87. The fourth-order valence-corrected chi connectivity index (χ4v) is 3.00. The first-order chi connectivity index (χ1) is 9.20. The molecule has 1 heterocycles. The Morgan fingerprint density at radius 3 is 2.79 bits per heavy atom. The van der Waals surface area contributed by atoms with Crippen molar-refractivity contribution >= 4 is 5.69 Å². The van der Waals surface area contributed by atoms with E-state index in [1.807, 2.05) is 6.20 Å². The van der Waals surface area contributed by atoms with Crippen LogP contribution in [0.15, 0.2) is 12.3 Å². The lowest BCUT2D eigenvalue weighted by molar-refractivity contribution is 0.545. The van der Waals surface area contributed by atoms with E-state index in [1.54, 1.807) is 0 Å². The minimum absolute atomic E-state index is 0.880. The molecule has 1 fully saturated rings. The summed E-state index contributed by atoms with van der Waals surface area (Å²) >= 11 is 0. The lowest BCUT2D eigenvalue weighted by Crippen LogP contribution is -2.26. The molecule has 19 heavy (non-hydrogen) atoms. The molecular weight excluding hydrogens is 234 g/mol. The molecule has 1 aliphatic carbocycles. The molecule has 1 aromatic heterocycles. The van der Waals surface area contributed by atoms with Crippen LogP contribution >= 0.6 is 0 Å². The molecule has 0 amide bonds. The second-order valence-electron chi connectivity index (χ2n) is 5.77.